The van der Waals surface area contributed by atoms with Gasteiger partial charge >= 0.3 is 5.97 Å². The van der Waals surface area contributed by atoms with E-state index < -0.39 is 36.7 Å². The first-order valence-electron chi connectivity index (χ1n) is 6.72. The fourth-order valence-electron chi connectivity index (χ4n) is 2.41. The van der Waals surface area contributed by atoms with Gasteiger partial charge in [0.25, 0.3) is 0 Å². The van der Waals surface area contributed by atoms with Crippen LogP contribution >= 0.6 is 0 Å². The van der Waals surface area contributed by atoms with Crippen LogP contribution in [-0.4, -0.2) is 65.7 Å². The molecule has 0 amide bonds. The summed E-state index contributed by atoms with van der Waals surface area (Å²) in [5.41, 5.74) is 0.236. The van der Waals surface area contributed by atoms with E-state index in [1.165, 1.54) is 25.3 Å². The monoisotopic (exact) mass is 312 g/mol. The van der Waals surface area contributed by atoms with E-state index in [4.69, 9.17) is 18.9 Å². The number of aliphatic hydroxyl groups excluding tert-OH is 3. The molecule has 3 rings (SSSR count). The summed E-state index contributed by atoms with van der Waals surface area (Å²) in [5, 5.41) is 29.7. The lowest BCUT2D eigenvalue weighted by molar-refractivity contribution is -0.277. The minimum atomic E-state index is -1.49. The standard InChI is InChI=1S/C14H16O8/c1-19-7-3-2-6-4-8(7)21-14-12(17)11(16)10(15)9(22-14)5-20-13(6)18/h2-4,9-12,14-17H,5H2,1H3/t9-,10-,11+,12-,14-/m1/s1. The second-order valence-electron chi connectivity index (χ2n) is 5.10. The van der Waals surface area contributed by atoms with E-state index in [1.807, 2.05) is 0 Å². The summed E-state index contributed by atoms with van der Waals surface area (Å²) in [7, 11) is 1.42. The van der Waals surface area contributed by atoms with Crippen molar-refractivity contribution in [3.63, 3.8) is 0 Å². The lowest BCUT2D eigenvalue weighted by Gasteiger charge is -2.40. The zero-order valence-corrected chi connectivity index (χ0v) is 11.7. The van der Waals surface area contributed by atoms with Crippen molar-refractivity contribution in [3.8, 4) is 11.5 Å². The molecule has 1 fully saturated rings. The first kappa shape index (κ1) is 15.0. The summed E-state index contributed by atoms with van der Waals surface area (Å²) in [5.74, 6) is -0.141. The molecule has 2 heterocycles. The molecule has 2 aliphatic rings. The van der Waals surface area contributed by atoms with Crippen molar-refractivity contribution in [1.29, 1.82) is 0 Å². The van der Waals surface area contributed by atoms with Gasteiger partial charge in [0.05, 0.1) is 12.7 Å². The van der Waals surface area contributed by atoms with Gasteiger partial charge in [-0.05, 0) is 18.2 Å². The largest absolute Gasteiger partial charge is 0.493 e. The Hall–Kier alpha value is -1.87. The van der Waals surface area contributed by atoms with Gasteiger partial charge in [0.15, 0.2) is 11.5 Å². The number of carbonyl (C=O) groups excluding carboxylic acids is 1. The minimum Gasteiger partial charge on any atom is -0.493 e. The van der Waals surface area contributed by atoms with Crippen molar-refractivity contribution in [2.24, 2.45) is 0 Å². The van der Waals surface area contributed by atoms with E-state index in [9.17, 15) is 20.1 Å². The number of rotatable bonds is 1. The highest BCUT2D eigenvalue weighted by Crippen LogP contribution is 2.33. The fraction of sp³-hybridized carbons (Fsp3) is 0.500. The maximum atomic E-state index is 11.9. The lowest BCUT2D eigenvalue weighted by Crippen LogP contribution is -2.60. The highest BCUT2D eigenvalue weighted by molar-refractivity contribution is 5.90. The third kappa shape index (κ3) is 2.50. The average Bonchev–Trinajstić information content (AvgIpc) is 2.53. The number of esters is 1. The van der Waals surface area contributed by atoms with Crippen LogP contribution in [0.15, 0.2) is 18.2 Å². The van der Waals surface area contributed by atoms with Crippen molar-refractivity contribution in [1.82, 2.24) is 0 Å². The van der Waals surface area contributed by atoms with Crippen LogP contribution in [0, 0.1) is 0 Å². The van der Waals surface area contributed by atoms with E-state index in [0.29, 0.717) is 5.75 Å². The number of aliphatic hydroxyl groups is 3. The molecule has 0 spiro atoms. The van der Waals surface area contributed by atoms with E-state index in [-0.39, 0.29) is 17.9 Å². The molecular weight excluding hydrogens is 296 g/mol. The van der Waals surface area contributed by atoms with Crippen molar-refractivity contribution in [2.45, 2.75) is 30.7 Å². The van der Waals surface area contributed by atoms with Crippen LogP contribution in [0.3, 0.4) is 0 Å². The number of benzene rings is 1. The summed E-state index contributed by atoms with van der Waals surface area (Å²) < 4.78 is 21.1. The maximum Gasteiger partial charge on any atom is 0.338 e. The molecule has 1 aromatic carbocycles. The third-order valence-corrected chi connectivity index (χ3v) is 3.69. The Morgan fingerprint density at radius 2 is 1.95 bits per heavy atom. The highest BCUT2D eigenvalue weighted by atomic mass is 16.7. The Labute approximate surface area is 125 Å². The van der Waals surface area contributed by atoms with Gasteiger partial charge in [-0.15, -0.1) is 0 Å². The molecular formula is C14H16O8. The number of ether oxygens (including phenoxy) is 4. The molecule has 3 N–H and O–H groups in total. The number of fused-ring (bicyclic) bond motifs is 4. The molecule has 0 radical (unpaired) electrons. The Kier molecular flexibility index (Phi) is 3.92. The summed E-state index contributed by atoms with van der Waals surface area (Å²) >= 11 is 0. The molecule has 22 heavy (non-hydrogen) atoms. The van der Waals surface area contributed by atoms with E-state index in [0.717, 1.165) is 0 Å². The second-order valence-corrected chi connectivity index (χ2v) is 5.10. The molecule has 1 saturated heterocycles. The molecule has 0 aliphatic carbocycles. The first-order valence-corrected chi connectivity index (χ1v) is 6.72. The Morgan fingerprint density at radius 1 is 1.18 bits per heavy atom. The van der Waals surface area contributed by atoms with Crippen molar-refractivity contribution in [2.75, 3.05) is 13.7 Å². The Balaban J connectivity index is 2.00. The molecule has 5 atom stereocenters. The Bertz CT molecular complexity index is 574. The first-order chi connectivity index (χ1) is 10.5. The summed E-state index contributed by atoms with van der Waals surface area (Å²) in [6.07, 6.45) is -6.60. The van der Waals surface area contributed by atoms with Gasteiger partial charge in [0.2, 0.25) is 6.29 Å². The molecule has 1 aromatic rings. The van der Waals surface area contributed by atoms with Crippen molar-refractivity contribution < 1.29 is 39.1 Å². The van der Waals surface area contributed by atoms with E-state index in [1.54, 1.807) is 0 Å². The number of methoxy groups -OCH3 is 1. The van der Waals surface area contributed by atoms with Crippen LogP contribution in [0.2, 0.25) is 0 Å². The number of cyclic esters (lactones) is 1. The van der Waals surface area contributed by atoms with Gasteiger partial charge in [0.1, 0.15) is 31.0 Å². The van der Waals surface area contributed by atoms with Crippen LogP contribution in [0.5, 0.6) is 11.5 Å². The van der Waals surface area contributed by atoms with Gasteiger partial charge < -0.3 is 34.3 Å². The molecule has 2 aliphatic heterocycles. The van der Waals surface area contributed by atoms with E-state index >= 15 is 0 Å². The zero-order valence-electron chi connectivity index (χ0n) is 11.7. The van der Waals surface area contributed by atoms with Gasteiger partial charge in [-0.3, -0.25) is 0 Å². The van der Waals surface area contributed by atoms with Crippen molar-refractivity contribution >= 4 is 5.97 Å². The molecule has 0 unspecified atom stereocenters. The smallest absolute Gasteiger partial charge is 0.338 e. The maximum absolute atomic E-state index is 11.9. The minimum absolute atomic E-state index is 0.158. The number of hydrogen-bond donors (Lipinski definition) is 3. The molecule has 120 valence electrons. The third-order valence-electron chi connectivity index (χ3n) is 3.69. The Morgan fingerprint density at radius 3 is 2.68 bits per heavy atom. The molecule has 0 aromatic heterocycles. The fourth-order valence-corrected chi connectivity index (χ4v) is 2.41. The van der Waals surface area contributed by atoms with Gasteiger partial charge in [-0.1, -0.05) is 0 Å². The predicted octanol–water partition coefficient (Wildman–Crippen LogP) is -0.948. The molecule has 4 bridgehead atoms. The highest BCUT2D eigenvalue weighted by Gasteiger charge is 2.46. The van der Waals surface area contributed by atoms with Gasteiger partial charge in [0, 0.05) is 0 Å². The van der Waals surface area contributed by atoms with Crippen LogP contribution < -0.4 is 9.47 Å². The quantitative estimate of drug-likeness (QED) is 0.569. The number of hydrogen-bond acceptors (Lipinski definition) is 8. The van der Waals surface area contributed by atoms with Gasteiger partial charge in [-0.2, -0.15) is 0 Å². The number of carbonyl (C=O) groups is 1. The SMILES string of the molecule is COc1ccc2cc1O[C@@H]1O[C@H](COC2=O)[C@@H](O)[C@H](O)[C@H]1O. The molecule has 8 nitrogen and oxygen atoms in total. The van der Waals surface area contributed by atoms with Crippen LogP contribution in [0.4, 0.5) is 0 Å². The molecule has 0 saturated carbocycles. The van der Waals surface area contributed by atoms with Crippen LogP contribution in [0.25, 0.3) is 0 Å². The summed E-state index contributed by atoms with van der Waals surface area (Å²) in [6, 6.07) is 4.43. The van der Waals surface area contributed by atoms with Crippen LogP contribution in [0.1, 0.15) is 10.4 Å². The zero-order chi connectivity index (χ0) is 15.9. The van der Waals surface area contributed by atoms with Gasteiger partial charge in [-0.25, -0.2) is 4.79 Å². The average molecular weight is 312 g/mol. The van der Waals surface area contributed by atoms with Crippen molar-refractivity contribution in [3.05, 3.63) is 23.8 Å². The summed E-state index contributed by atoms with van der Waals surface area (Å²) in [6.45, 7) is -0.273. The summed E-state index contributed by atoms with van der Waals surface area (Å²) in [4.78, 5) is 11.9. The topological polar surface area (TPSA) is 115 Å². The normalized spacial score (nSPS) is 34.4. The van der Waals surface area contributed by atoms with Crippen LogP contribution in [-0.2, 0) is 9.47 Å². The molecule has 8 heteroatoms. The predicted molar refractivity (Wildman–Crippen MR) is 70.6 cm³/mol. The lowest BCUT2D eigenvalue weighted by atomic mass is 9.99. The second kappa shape index (κ2) is 5.73. The van der Waals surface area contributed by atoms with E-state index in [2.05, 4.69) is 0 Å².